The third-order valence-corrected chi connectivity index (χ3v) is 6.55. The normalized spacial score (nSPS) is 26.6. The molecule has 154 valence electrons. The van der Waals surface area contributed by atoms with Crippen LogP contribution in [0.3, 0.4) is 0 Å². The Morgan fingerprint density at radius 2 is 2.00 bits per heavy atom. The van der Waals surface area contributed by atoms with Crippen LogP contribution in [0.15, 0.2) is 89.9 Å². The van der Waals surface area contributed by atoms with Crippen LogP contribution in [0.25, 0.3) is 0 Å². The maximum atomic E-state index is 9.47. The molecule has 1 aliphatic carbocycles. The summed E-state index contributed by atoms with van der Waals surface area (Å²) in [7, 11) is 0. The van der Waals surface area contributed by atoms with Crippen molar-refractivity contribution in [2.45, 2.75) is 37.8 Å². The number of allylic oxidation sites excluding steroid dienone is 3. The summed E-state index contributed by atoms with van der Waals surface area (Å²) in [5.41, 5.74) is 7.77. The minimum absolute atomic E-state index is 0.245. The molecule has 3 aliphatic rings. The summed E-state index contributed by atoms with van der Waals surface area (Å²) in [6.07, 6.45) is 14.5. The minimum atomic E-state index is -0.516. The van der Waals surface area contributed by atoms with Crippen molar-refractivity contribution < 1.29 is 0 Å². The number of benzene rings is 1. The second-order valence-corrected chi connectivity index (χ2v) is 8.90. The van der Waals surface area contributed by atoms with E-state index >= 15 is 0 Å². The lowest BCUT2D eigenvalue weighted by molar-refractivity contribution is 0.471. The average molecular weight is 408 g/mol. The van der Waals surface area contributed by atoms with Gasteiger partial charge in [-0.05, 0) is 68.8 Å². The molecule has 2 aliphatic heterocycles. The van der Waals surface area contributed by atoms with Crippen LogP contribution in [0.2, 0.25) is 0 Å². The van der Waals surface area contributed by atoms with E-state index in [4.69, 9.17) is 4.99 Å². The van der Waals surface area contributed by atoms with Gasteiger partial charge >= 0.3 is 0 Å². The molecule has 0 bridgehead atoms. The lowest BCUT2D eigenvalue weighted by Crippen LogP contribution is -2.52. The number of aliphatic imine (C=N–C) groups is 1. The van der Waals surface area contributed by atoms with Crippen molar-refractivity contribution in [2.24, 2.45) is 10.9 Å². The van der Waals surface area contributed by atoms with Crippen LogP contribution in [0.4, 0.5) is 5.69 Å². The molecule has 3 unspecified atom stereocenters. The molecule has 5 heteroatoms. The van der Waals surface area contributed by atoms with E-state index in [1.54, 1.807) is 6.20 Å². The average Bonchev–Trinajstić information content (AvgIpc) is 3.11. The van der Waals surface area contributed by atoms with Crippen LogP contribution >= 0.6 is 0 Å². The van der Waals surface area contributed by atoms with E-state index < -0.39 is 11.0 Å². The molecule has 31 heavy (non-hydrogen) atoms. The number of dihydropyridines is 1. The Bertz CT molecular complexity index is 1160. The fourth-order valence-electron chi connectivity index (χ4n) is 4.75. The highest BCUT2D eigenvalue weighted by molar-refractivity contribution is 6.10. The van der Waals surface area contributed by atoms with E-state index in [0.29, 0.717) is 0 Å². The molecule has 3 atom stereocenters. The molecular weight excluding hydrogens is 382 g/mol. The largest absolute Gasteiger partial charge is 0.292 e. The zero-order valence-corrected chi connectivity index (χ0v) is 17.9. The first kappa shape index (κ1) is 19.5. The molecule has 1 aromatic carbocycles. The number of nitriles is 1. The lowest BCUT2D eigenvalue weighted by atomic mass is 9.74. The van der Waals surface area contributed by atoms with Gasteiger partial charge in [0.05, 0.1) is 28.6 Å². The van der Waals surface area contributed by atoms with Crippen molar-refractivity contribution in [3.63, 3.8) is 0 Å². The van der Waals surface area contributed by atoms with Gasteiger partial charge in [0.15, 0.2) is 0 Å². The zero-order valence-electron chi connectivity index (χ0n) is 17.9. The quantitative estimate of drug-likeness (QED) is 0.816. The van der Waals surface area contributed by atoms with Crippen molar-refractivity contribution in [2.75, 3.05) is 5.01 Å². The lowest BCUT2D eigenvalue weighted by Gasteiger charge is -2.43. The van der Waals surface area contributed by atoms with E-state index in [-0.39, 0.29) is 12.0 Å². The minimum Gasteiger partial charge on any atom is -0.292 e. The summed E-state index contributed by atoms with van der Waals surface area (Å²) in [6, 6.07) is 14.9. The number of hydrogen-bond donors (Lipinski definition) is 1. The topological polar surface area (TPSA) is 64.3 Å². The van der Waals surface area contributed by atoms with Crippen molar-refractivity contribution >= 4 is 11.4 Å². The Labute approximate surface area is 183 Å². The first-order chi connectivity index (χ1) is 15.0. The van der Waals surface area contributed by atoms with E-state index in [0.717, 1.165) is 28.2 Å². The summed E-state index contributed by atoms with van der Waals surface area (Å²) >= 11 is 0. The van der Waals surface area contributed by atoms with Crippen molar-refractivity contribution in [1.29, 1.82) is 5.26 Å². The second kappa shape index (κ2) is 7.04. The number of hydrogen-bond acceptors (Lipinski definition) is 5. The maximum absolute atomic E-state index is 9.47. The smallest absolute Gasteiger partial charge is 0.124 e. The molecule has 0 amide bonds. The van der Waals surface area contributed by atoms with Crippen LogP contribution in [-0.4, -0.2) is 22.3 Å². The maximum Gasteiger partial charge on any atom is 0.124 e. The molecule has 3 heterocycles. The van der Waals surface area contributed by atoms with Gasteiger partial charge in [0.1, 0.15) is 5.54 Å². The molecule has 5 nitrogen and oxygen atoms in total. The highest BCUT2D eigenvalue weighted by Gasteiger charge is 2.54. The van der Waals surface area contributed by atoms with Gasteiger partial charge in [0, 0.05) is 29.9 Å². The van der Waals surface area contributed by atoms with Gasteiger partial charge in [0.2, 0.25) is 0 Å². The predicted octanol–water partition coefficient (Wildman–Crippen LogP) is 4.46. The SMILES string of the molecule is CC1NN(c2ccc(C(C)(C)C#N)cc2)C23C=CC(c4cccnc4)=NC2=CC=CC13. The Balaban J connectivity index is 1.57. The number of pyridine rings is 1. The third kappa shape index (κ3) is 2.95. The van der Waals surface area contributed by atoms with Crippen molar-refractivity contribution in [3.8, 4) is 6.07 Å². The molecular formula is C26H25N5. The van der Waals surface area contributed by atoms with E-state index in [1.807, 2.05) is 44.3 Å². The number of rotatable bonds is 3. The summed E-state index contributed by atoms with van der Waals surface area (Å²) in [5, 5.41) is 11.7. The summed E-state index contributed by atoms with van der Waals surface area (Å²) in [5.74, 6) is 0.248. The van der Waals surface area contributed by atoms with E-state index in [2.05, 4.69) is 70.9 Å². The van der Waals surface area contributed by atoms with Crippen LogP contribution < -0.4 is 10.4 Å². The molecule has 1 spiro atoms. The van der Waals surface area contributed by atoms with Gasteiger partial charge in [-0.3, -0.25) is 9.99 Å². The number of nitrogens with zero attached hydrogens (tertiary/aromatic N) is 4. The van der Waals surface area contributed by atoms with Crippen LogP contribution in [-0.2, 0) is 5.41 Å². The Kier molecular flexibility index (Phi) is 4.42. The fourth-order valence-corrected chi connectivity index (χ4v) is 4.75. The van der Waals surface area contributed by atoms with Gasteiger partial charge in [-0.15, -0.1) is 0 Å². The molecule has 1 saturated heterocycles. The molecule has 0 saturated carbocycles. The number of aromatic nitrogens is 1. The number of anilines is 1. The highest BCUT2D eigenvalue weighted by atomic mass is 15.6. The molecule has 0 radical (unpaired) electrons. The monoisotopic (exact) mass is 407 g/mol. The highest BCUT2D eigenvalue weighted by Crippen LogP contribution is 2.47. The van der Waals surface area contributed by atoms with E-state index in [1.165, 1.54) is 0 Å². The molecule has 5 rings (SSSR count). The molecule has 1 aromatic heterocycles. The van der Waals surface area contributed by atoms with Crippen molar-refractivity contribution in [1.82, 2.24) is 10.4 Å². The summed E-state index contributed by atoms with van der Waals surface area (Å²) in [6.45, 7) is 6.09. The molecule has 1 N–H and O–H groups in total. The standard InChI is InChI=1S/C26H25N5/c1-18-22-7-4-8-24-26(22,14-13-23(29-24)19-6-5-15-28-16-19)31(30-18)21-11-9-20(10-12-21)25(2,3)17-27/h4-16,18,22,30H,1-3H3. The predicted molar refractivity (Wildman–Crippen MR) is 124 cm³/mol. The van der Waals surface area contributed by atoms with Crippen LogP contribution in [0, 0.1) is 17.2 Å². The number of hydrazine groups is 1. The third-order valence-electron chi connectivity index (χ3n) is 6.55. The van der Waals surface area contributed by atoms with Gasteiger partial charge < -0.3 is 0 Å². The zero-order chi connectivity index (χ0) is 21.6. The van der Waals surface area contributed by atoms with Gasteiger partial charge in [0.25, 0.3) is 0 Å². The Morgan fingerprint density at radius 1 is 1.19 bits per heavy atom. The summed E-state index contributed by atoms with van der Waals surface area (Å²) < 4.78 is 0. The van der Waals surface area contributed by atoms with Gasteiger partial charge in [-0.2, -0.15) is 5.26 Å². The number of nitrogens with one attached hydrogen (secondary N) is 1. The Morgan fingerprint density at radius 3 is 2.71 bits per heavy atom. The van der Waals surface area contributed by atoms with Gasteiger partial charge in [-0.25, -0.2) is 10.4 Å². The second-order valence-electron chi connectivity index (χ2n) is 8.90. The van der Waals surface area contributed by atoms with Crippen LogP contribution in [0.5, 0.6) is 0 Å². The fraction of sp³-hybridized carbons (Fsp3) is 0.269. The molecule has 2 aromatic rings. The van der Waals surface area contributed by atoms with Gasteiger partial charge in [-0.1, -0.05) is 24.3 Å². The summed E-state index contributed by atoms with van der Waals surface area (Å²) in [4.78, 5) is 9.31. The van der Waals surface area contributed by atoms with Crippen molar-refractivity contribution in [3.05, 3.63) is 96.0 Å². The molecule has 1 fully saturated rings. The van der Waals surface area contributed by atoms with Crippen LogP contribution in [0.1, 0.15) is 31.9 Å². The first-order valence-corrected chi connectivity index (χ1v) is 10.6. The van der Waals surface area contributed by atoms with E-state index in [9.17, 15) is 5.26 Å². The Hall–Kier alpha value is -3.49. The first-order valence-electron chi connectivity index (χ1n) is 10.6.